The highest BCUT2D eigenvalue weighted by Crippen LogP contribution is 2.30. The molecule has 0 aromatic carbocycles. The van der Waals surface area contributed by atoms with Crippen LogP contribution in [0, 0.1) is 11.8 Å². The highest BCUT2D eigenvalue weighted by atomic mass is 16.4. The van der Waals surface area contributed by atoms with Gasteiger partial charge in [-0.3, -0.25) is 4.79 Å². The smallest absolute Gasteiger partial charge is 0.303 e. The lowest BCUT2D eigenvalue weighted by Gasteiger charge is -2.13. The number of hydrogen-bond donors (Lipinski definition) is 2. The second-order valence-corrected chi connectivity index (χ2v) is 5.80. The van der Waals surface area contributed by atoms with Gasteiger partial charge in [0, 0.05) is 12.5 Å². The number of carboxylic acids is 1. The third kappa shape index (κ3) is 6.67. The fourth-order valence-electron chi connectivity index (χ4n) is 2.64. The molecule has 1 fully saturated rings. The Morgan fingerprint density at radius 3 is 2.82 bits per heavy atom. The number of carboxylic acid groups (broad SMARTS) is 1. The van der Waals surface area contributed by atoms with Gasteiger partial charge >= 0.3 is 5.97 Å². The van der Waals surface area contributed by atoms with E-state index in [1.54, 1.807) is 0 Å². The molecule has 1 saturated carbocycles. The first-order valence-corrected chi connectivity index (χ1v) is 7.03. The van der Waals surface area contributed by atoms with Gasteiger partial charge in [-0.1, -0.05) is 26.7 Å². The molecular formula is C14H27NO2. The van der Waals surface area contributed by atoms with Crippen LogP contribution in [0.15, 0.2) is 0 Å². The fraction of sp³-hybridized carbons (Fsp3) is 0.929. The first kappa shape index (κ1) is 14.5. The zero-order valence-corrected chi connectivity index (χ0v) is 11.2. The predicted octanol–water partition coefficient (Wildman–Crippen LogP) is 3.05. The molecule has 2 atom stereocenters. The number of rotatable bonds is 8. The van der Waals surface area contributed by atoms with Crippen LogP contribution in [-0.2, 0) is 4.79 Å². The van der Waals surface area contributed by atoms with Crippen LogP contribution < -0.4 is 5.32 Å². The van der Waals surface area contributed by atoms with Gasteiger partial charge in [-0.25, -0.2) is 0 Å². The Hall–Kier alpha value is -0.570. The predicted molar refractivity (Wildman–Crippen MR) is 70.1 cm³/mol. The summed E-state index contributed by atoms with van der Waals surface area (Å²) in [4.78, 5) is 10.4. The largest absolute Gasteiger partial charge is 0.481 e. The fourth-order valence-corrected chi connectivity index (χ4v) is 2.64. The van der Waals surface area contributed by atoms with Gasteiger partial charge in [-0.15, -0.1) is 0 Å². The van der Waals surface area contributed by atoms with Gasteiger partial charge in [0.15, 0.2) is 0 Å². The number of nitrogens with one attached hydrogen (secondary N) is 1. The van der Waals surface area contributed by atoms with Crippen LogP contribution in [0.4, 0.5) is 0 Å². The maximum Gasteiger partial charge on any atom is 0.303 e. The molecule has 17 heavy (non-hydrogen) atoms. The summed E-state index contributed by atoms with van der Waals surface area (Å²) in [6, 6.07) is 0.640. The lowest BCUT2D eigenvalue weighted by molar-refractivity contribution is -0.137. The Bertz CT molecular complexity index is 228. The SMILES string of the molecule is CC(C)CCC1CCC(NCCCC(=O)O)C1. The van der Waals surface area contributed by atoms with E-state index in [0.717, 1.165) is 24.8 Å². The van der Waals surface area contributed by atoms with Crippen LogP contribution in [-0.4, -0.2) is 23.7 Å². The molecule has 0 heterocycles. The maximum absolute atomic E-state index is 10.4. The van der Waals surface area contributed by atoms with Gasteiger partial charge in [-0.05, 0) is 44.1 Å². The van der Waals surface area contributed by atoms with Gasteiger partial charge in [0.05, 0.1) is 0 Å². The van der Waals surface area contributed by atoms with Crippen molar-refractivity contribution in [2.75, 3.05) is 6.54 Å². The molecule has 0 bridgehead atoms. The second kappa shape index (κ2) is 7.70. The van der Waals surface area contributed by atoms with Crippen LogP contribution in [0.3, 0.4) is 0 Å². The molecule has 0 radical (unpaired) electrons. The van der Waals surface area contributed by atoms with Crippen molar-refractivity contribution in [1.82, 2.24) is 5.32 Å². The summed E-state index contributed by atoms with van der Waals surface area (Å²) in [5.74, 6) is 1.03. The molecule has 2 unspecified atom stereocenters. The molecule has 1 rings (SSSR count). The summed E-state index contributed by atoms with van der Waals surface area (Å²) < 4.78 is 0. The van der Waals surface area contributed by atoms with Gasteiger partial charge in [0.2, 0.25) is 0 Å². The molecule has 0 aromatic heterocycles. The minimum absolute atomic E-state index is 0.288. The van der Waals surface area contributed by atoms with Crippen molar-refractivity contribution < 1.29 is 9.90 Å². The zero-order chi connectivity index (χ0) is 12.7. The first-order valence-electron chi connectivity index (χ1n) is 7.03. The summed E-state index contributed by atoms with van der Waals surface area (Å²) in [5.41, 5.74) is 0. The summed E-state index contributed by atoms with van der Waals surface area (Å²) in [7, 11) is 0. The van der Waals surface area contributed by atoms with E-state index in [9.17, 15) is 4.79 Å². The Morgan fingerprint density at radius 2 is 2.18 bits per heavy atom. The Morgan fingerprint density at radius 1 is 1.41 bits per heavy atom. The van der Waals surface area contributed by atoms with Crippen molar-refractivity contribution in [3.05, 3.63) is 0 Å². The quantitative estimate of drug-likeness (QED) is 0.642. The molecule has 0 spiro atoms. The van der Waals surface area contributed by atoms with Crippen molar-refractivity contribution in [3.63, 3.8) is 0 Å². The van der Waals surface area contributed by atoms with E-state index >= 15 is 0 Å². The molecule has 0 saturated heterocycles. The van der Waals surface area contributed by atoms with E-state index in [1.807, 2.05) is 0 Å². The molecule has 1 aliphatic rings. The molecule has 100 valence electrons. The Kier molecular flexibility index (Phi) is 6.56. The van der Waals surface area contributed by atoms with Crippen LogP contribution in [0.5, 0.6) is 0 Å². The molecule has 3 nitrogen and oxygen atoms in total. The normalized spacial score (nSPS) is 24.4. The van der Waals surface area contributed by atoms with Crippen molar-refractivity contribution in [2.24, 2.45) is 11.8 Å². The maximum atomic E-state index is 10.4. The molecule has 0 aromatic rings. The lowest BCUT2D eigenvalue weighted by Crippen LogP contribution is -2.27. The summed E-state index contributed by atoms with van der Waals surface area (Å²) in [5, 5.41) is 12.0. The number of hydrogen-bond acceptors (Lipinski definition) is 2. The third-order valence-electron chi connectivity index (χ3n) is 3.69. The monoisotopic (exact) mass is 241 g/mol. The van der Waals surface area contributed by atoms with E-state index in [4.69, 9.17) is 5.11 Å². The Balaban J connectivity index is 2.03. The molecule has 0 amide bonds. The second-order valence-electron chi connectivity index (χ2n) is 5.80. The number of carbonyl (C=O) groups is 1. The molecule has 0 aliphatic heterocycles. The summed E-state index contributed by atoms with van der Waals surface area (Å²) in [6.07, 6.45) is 7.67. The zero-order valence-electron chi connectivity index (χ0n) is 11.2. The average Bonchev–Trinajstić information content (AvgIpc) is 2.69. The molecule has 1 aliphatic carbocycles. The van der Waals surface area contributed by atoms with Crippen LogP contribution in [0.25, 0.3) is 0 Å². The van der Waals surface area contributed by atoms with E-state index < -0.39 is 5.97 Å². The van der Waals surface area contributed by atoms with Crippen molar-refractivity contribution >= 4 is 5.97 Å². The number of aliphatic carboxylic acids is 1. The van der Waals surface area contributed by atoms with Crippen LogP contribution >= 0.6 is 0 Å². The van der Waals surface area contributed by atoms with Crippen LogP contribution in [0.2, 0.25) is 0 Å². The Labute approximate surface area is 105 Å². The van der Waals surface area contributed by atoms with Crippen LogP contribution in [0.1, 0.15) is 58.8 Å². The van der Waals surface area contributed by atoms with E-state index in [0.29, 0.717) is 6.04 Å². The highest BCUT2D eigenvalue weighted by molar-refractivity contribution is 5.66. The molecular weight excluding hydrogens is 214 g/mol. The topological polar surface area (TPSA) is 49.3 Å². The molecule has 3 heteroatoms. The standard InChI is InChI=1S/C14H27NO2/c1-11(2)5-6-12-7-8-13(10-12)15-9-3-4-14(16)17/h11-13,15H,3-10H2,1-2H3,(H,16,17). The van der Waals surface area contributed by atoms with Crippen molar-refractivity contribution in [2.45, 2.75) is 64.8 Å². The molecule has 2 N–H and O–H groups in total. The van der Waals surface area contributed by atoms with Gasteiger partial charge in [-0.2, -0.15) is 0 Å². The highest BCUT2D eigenvalue weighted by Gasteiger charge is 2.23. The summed E-state index contributed by atoms with van der Waals surface area (Å²) in [6.45, 7) is 5.43. The first-order chi connectivity index (χ1) is 8.08. The third-order valence-corrected chi connectivity index (χ3v) is 3.69. The van der Waals surface area contributed by atoms with E-state index in [2.05, 4.69) is 19.2 Å². The van der Waals surface area contributed by atoms with Gasteiger partial charge in [0.25, 0.3) is 0 Å². The van der Waals surface area contributed by atoms with E-state index in [-0.39, 0.29) is 6.42 Å². The lowest BCUT2D eigenvalue weighted by atomic mass is 9.96. The van der Waals surface area contributed by atoms with Crippen molar-refractivity contribution in [1.29, 1.82) is 0 Å². The summed E-state index contributed by atoms with van der Waals surface area (Å²) >= 11 is 0. The average molecular weight is 241 g/mol. The minimum atomic E-state index is -0.687. The van der Waals surface area contributed by atoms with Gasteiger partial charge < -0.3 is 10.4 Å². The van der Waals surface area contributed by atoms with Gasteiger partial charge in [0.1, 0.15) is 0 Å². The van der Waals surface area contributed by atoms with E-state index in [1.165, 1.54) is 32.1 Å². The minimum Gasteiger partial charge on any atom is -0.481 e. The van der Waals surface area contributed by atoms with Crippen molar-refractivity contribution in [3.8, 4) is 0 Å².